The van der Waals surface area contributed by atoms with Crippen molar-refractivity contribution in [2.24, 2.45) is 0 Å². The second-order valence-electron chi connectivity index (χ2n) is 6.66. The van der Waals surface area contributed by atoms with Gasteiger partial charge < -0.3 is 19.5 Å². The molecule has 4 nitrogen and oxygen atoms in total. The van der Waals surface area contributed by atoms with E-state index in [0.29, 0.717) is 6.42 Å². The van der Waals surface area contributed by atoms with Crippen LogP contribution in [0.25, 0.3) is 0 Å². The number of likely N-dealkylation sites (tertiary alicyclic amines) is 1. The van der Waals surface area contributed by atoms with Crippen LogP contribution in [0.1, 0.15) is 24.8 Å². The highest BCUT2D eigenvalue weighted by atomic mass is 16.5. The fraction of sp³-hybridized carbons (Fsp3) is 0.647. The van der Waals surface area contributed by atoms with Gasteiger partial charge in [0.1, 0.15) is 0 Å². The molecule has 1 aliphatic heterocycles. The molecular formula is C17H24BNO3. The number of ether oxygens (including phenoxy) is 2. The second kappa shape index (κ2) is 5.78. The maximum absolute atomic E-state index is 10.3. The zero-order chi connectivity index (χ0) is 15.9. The van der Waals surface area contributed by atoms with Crippen LogP contribution in [0.15, 0.2) is 18.2 Å². The Labute approximate surface area is 133 Å². The molecule has 1 aromatic rings. The highest BCUT2D eigenvalue weighted by Crippen LogP contribution is 2.52. The van der Waals surface area contributed by atoms with Crippen LogP contribution in [0.3, 0.4) is 0 Å². The van der Waals surface area contributed by atoms with E-state index in [0.717, 1.165) is 30.9 Å². The minimum absolute atomic E-state index is 0.00986. The lowest BCUT2D eigenvalue weighted by molar-refractivity contribution is 0.0580. The quantitative estimate of drug-likeness (QED) is 0.864. The van der Waals surface area contributed by atoms with Crippen molar-refractivity contribution in [1.29, 1.82) is 0 Å². The molecule has 1 aromatic carbocycles. The lowest BCUT2D eigenvalue weighted by Gasteiger charge is -2.47. The lowest BCUT2D eigenvalue weighted by atomic mass is 9.57. The zero-order valence-corrected chi connectivity index (χ0v) is 13.6. The smallest absolute Gasteiger partial charge is 0.161 e. The van der Waals surface area contributed by atoms with Crippen LogP contribution in [0, 0.1) is 0 Å². The number of hydrogen-bond acceptors (Lipinski definition) is 4. The van der Waals surface area contributed by atoms with Gasteiger partial charge in [-0.05, 0) is 50.6 Å². The van der Waals surface area contributed by atoms with Crippen molar-refractivity contribution in [3.63, 3.8) is 0 Å². The Morgan fingerprint density at radius 3 is 2.68 bits per heavy atom. The van der Waals surface area contributed by atoms with Crippen LogP contribution >= 0.6 is 0 Å². The van der Waals surface area contributed by atoms with Gasteiger partial charge in [-0.1, -0.05) is 11.9 Å². The highest BCUT2D eigenvalue weighted by Gasteiger charge is 2.53. The molecule has 1 aliphatic carbocycles. The molecule has 3 rings (SSSR count). The number of aliphatic hydroxyl groups is 1. The first-order chi connectivity index (χ1) is 10.5. The largest absolute Gasteiger partial charge is 0.493 e. The molecule has 0 aromatic heterocycles. The molecule has 2 fully saturated rings. The van der Waals surface area contributed by atoms with Gasteiger partial charge in [-0.2, -0.15) is 0 Å². The summed E-state index contributed by atoms with van der Waals surface area (Å²) in [6, 6.07) is 6.35. The average Bonchev–Trinajstić information content (AvgIpc) is 2.84. The molecule has 1 heterocycles. The summed E-state index contributed by atoms with van der Waals surface area (Å²) in [6.07, 6.45) is 2.09. The molecule has 0 bridgehead atoms. The molecule has 2 radical (unpaired) electrons. The maximum atomic E-state index is 10.3. The van der Waals surface area contributed by atoms with E-state index < -0.39 is 0 Å². The number of likely N-dealkylation sites (N-methyl/N-ethyl adjacent to an activating group) is 1. The molecule has 0 spiro atoms. The third-order valence-electron chi connectivity index (χ3n) is 5.46. The normalized spacial score (nSPS) is 35.2. The predicted octanol–water partition coefficient (Wildman–Crippen LogP) is 1.76. The van der Waals surface area contributed by atoms with E-state index in [2.05, 4.69) is 24.1 Å². The van der Waals surface area contributed by atoms with Crippen LogP contribution in [0.4, 0.5) is 0 Å². The summed E-state index contributed by atoms with van der Waals surface area (Å²) in [6.45, 7) is 0.999. The van der Waals surface area contributed by atoms with Crippen LogP contribution in [-0.4, -0.2) is 57.8 Å². The summed E-state index contributed by atoms with van der Waals surface area (Å²) in [7, 11) is 11.8. The summed E-state index contributed by atoms with van der Waals surface area (Å²) in [4.78, 5) is 2.34. The number of fused-ring (bicyclic) bond motifs is 1. The van der Waals surface area contributed by atoms with Gasteiger partial charge in [0.15, 0.2) is 11.5 Å². The Morgan fingerprint density at radius 2 is 2.00 bits per heavy atom. The Hall–Kier alpha value is -1.20. The molecule has 2 aliphatic rings. The van der Waals surface area contributed by atoms with Crippen molar-refractivity contribution >= 4 is 7.85 Å². The van der Waals surface area contributed by atoms with Gasteiger partial charge in [0.2, 0.25) is 0 Å². The molecule has 4 atom stereocenters. The fourth-order valence-electron chi connectivity index (χ4n) is 4.57. The molecule has 1 N–H and O–H groups in total. The second-order valence-corrected chi connectivity index (χ2v) is 6.66. The first-order valence-electron chi connectivity index (χ1n) is 7.88. The topological polar surface area (TPSA) is 41.9 Å². The van der Waals surface area contributed by atoms with Gasteiger partial charge in [0.25, 0.3) is 0 Å². The summed E-state index contributed by atoms with van der Waals surface area (Å²) < 4.78 is 10.8. The Bertz CT molecular complexity index is 553. The number of nitrogens with zero attached hydrogens (tertiary/aromatic N) is 1. The third kappa shape index (κ3) is 2.31. The minimum atomic E-state index is -0.342. The molecule has 22 heavy (non-hydrogen) atoms. The van der Waals surface area contributed by atoms with Crippen molar-refractivity contribution in [3.8, 4) is 11.5 Å². The monoisotopic (exact) mass is 301 g/mol. The number of benzene rings is 1. The molecule has 3 unspecified atom stereocenters. The zero-order valence-electron chi connectivity index (χ0n) is 13.6. The van der Waals surface area contributed by atoms with E-state index in [9.17, 15) is 5.11 Å². The van der Waals surface area contributed by atoms with E-state index in [1.165, 1.54) is 5.56 Å². The molecule has 1 saturated heterocycles. The van der Waals surface area contributed by atoms with Gasteiger partial charge in [0.05, 0.1) is 28.2 Å². The van der Waals surface area contributed by atoms with Crippen LogP contribution in [-0.2, 0) is 5.41 Å². The van der Waals surface area contributed by atoms with Crippen molar-refractivity contribution in [2.75, 3.05) is 27.8 Å². The fourth-order valence-corrected chi connectivity index (χ4v) is 4.57. The molecule has 118 valence electrons. The third-order valence-corrected chi connectivity index (χ3v) is 5.46. The van der Waals surface area contributed by atoms with Gasteiger partial charge in [0, 0.05) is 11.5 Å². The molecular weight excluding hydrogens is 277 g/mol. The molecule has 0 amide bonds. The predicted molar refractivity (Wildman–Crippen MR) is 87.0 cm³/mol. The van der Waals surface area contributed by atoms with Crippen molar-refractivity contribution < 1.29 is 14.6 Å². The number of aliphatic hydroxyl groups excluding tert-OH is 1. The standard InChI is InChI=1S/C17H24BNO3/c1-19-7-6-17(10-12(20)9-13(18)16(17)19)11-4-5-14(21-2)15(8-11)22-3/h4-5,8,12-13,16,20H,6-7,9-10H2,1-3H3/t12?,13?,16?,17-/m1/s1. The summed E-state index contributed by atoms with van der Waals surface area (Å²) in [5, 5.41) is 10.3. The number of methoxy groups -OCH3 is 2. The van der Waals surface area contributed by atoms with Crippen molar-refractivity contribution in [1.82, 2.24) is 4.90 Å². The van der Waals surface area contributed by atoms with Gasteiger partial charge in [-0.3, -0.25) is 0 Å². The average molecular weight is 301 g/mol. The van der Waals surface area contributed by atoms with Gasteiger partial charge in [-0.15, -0.1) is 0 Å². The van der Waals surface area contributed by atoms with E-state index in [1.807, 2.05) is 6.07 Å². The van der Waals surface area contributed by atoms with E-state index in [4.69, 9.17) is 17.3 Å². The Balaban J connectivity index is 2.07. The molecule has 5 heteroatoms. The SMILES string of the molecule is [B]C1CC(O)C[C@@]2(c3ccc(OC)c(OC)c3)CCN(C)C12. The lowest BCUT2D eigenvalue weighted by Crippen LogP contribution is -2.50. The summed E-state index contributed by atoms with van der Waals surface area (Å²) in [5.41, 5.74) is 1.08. The minimum Gasteiger partial charge on any atom is -0.493 e. The van der Waals surface area contributed by atoms with Gasteiger partial charge in [-0.25, -0.2) is 0 Å². The first kappa shape index (κ1) is 15.7. The van der Waals surface area contributed by atoms with E-state index in [1.54, 1.807) is 14.2 Å². The van der Waals surface area contributed by atoms with Gasteiger partial charge >= 0.3 is 0 Å². The maximum Gasteiger partial charge on any atom is 0.161 e. The van der Waals surface area contributed by atoms with E-state index in [-0.39, 0.29) is 23.4 Å². The van der Waals surface area contributed by atoms with Crippen LogP contribution < -0.4 is 9.47 Å². The highest BCUT2D eigenvalue weighted by molar-refractivity contribution is 6.12. The summed E-state index contributed by atoms with van der Waals surface area (Å²) >= 11 is 0. The van der Waals surface area contributed by atoms with E-state index >= 15 is 0 Å². The van der Waals surface area contributed by atoms with Crippen molar-refractivity contribution in [3.05, 3.63) is 23.8 Å². The molecule has 1 saturated carbocycles. The van der Waals surface area contributed by atoms with Crippen molar-refractivity contribution in [2.45, 2.75) is 42.6 Å². The first-order valence-corrected chi connectivity index (χ1v) is 7.88. The van der Waals surface area contributed by atoms with Crippen LogP contribution in [0.2, 0.25) is 5.82 Å². The number of hydrogen-bond donors (Lipinski definition) is 1. The number of rotatable bonds is 3. The Morgan fingerprint density at radius 1 is 1.27 bits per heavy atom. The Kier molecular flexibility index (Phi) is 4.12. The van der Waals surface area contributed by atoms with Crippen LogP contribution in [0.5, 0.6) is 11.5 Å². The summed E-state index contributed by atoms with van der Waals surface area (Å²) in [5.74, 6) is 1.45.